The average Bonchev–Trinajstić information content (AvgIpc) is 3.85. The van der Waals surface area contributed by atoms with Gasteiger partial charge >= 0.3 is 0 Å². The lowest BCUT2D eigenvalue weighted by molar-refractivity contribution is 0.420. The molecule has 0 heterocycles. The van der Waals surface area contributed by atoms with Gasteiger partial charge in [-0.3, -0.25) is 0 Å². The van der Waals surface area contributed by atoms with Gasteiger partial charge in [0, 0.05) is 39.5 Å². The van der Waals surface area contributed by atoms with Crippen LogP contribution >= 0.6 is 0 Å². The Hall–Kier alpha value is -5.34. The first-order chi connectivity index (χ1) is 25.2. The molecule has 4 atom stereocenters. The molecule has 0 spiro atoms. The van der Waals surface area contributed by atoms with Gasteiger partial charge in [-0.05, 0) is 146 Å². The first-order valence-corrected chi connectivity index (χ1v) is 19.0. The van der Waals surface area contributed by atoms with Crippen LogP contribution in [0.15, 0.2) is 176 Å². The second-order valence-corrected chi connectivity index (χ2v) is 14.9. The number of hydrogen-bond donors (Lipinski definition) is 0. The van der Waals surface area contributed by atoms with Crippen LogP contribution in [0.5, 0.6) is 0 Å². The van der Waals surface area contributed by atoms with Crippen LogP contribution in [0.25, 0.3) is 0 Å². The third-order valence-corrected chi connectivity index (χ3v) is 12.0. The highest BCUT2D eigenvalue weighted by molar-refractivity contribution is 5.78. The minimum atomic E-state index is -0.167. The fourth-order valence-corrected chi connectivity index (χ4v) is 9.48. The van der Waals surface area contributed by atoms with Crippen molar-refractivity contribution in [3.8, 4) is 0 Å². The fraction of sp³-hybridized carbons (Fsp3) is 0.224. The van der Waals surface area contributed by atoms with Crippen LogP contribution in [0.4, 0.5) is 34.1 Å². The van der Waals surface area contributed by atoms with Crippen LogP contribution in [-0.2, 0) is 5.41 Å². The minimum Gasteiger partial charge on any atom is -0.311 e. The second kappa shape index (κ2) is 13.8. The zero-order valence-corrected chi connectivity index (χ0v) is 29.3. The fourth-order valence-electron chi connectivity index (χ4n) is 9.48. The van der Waals surface area contributed by atoms with Crippen molar-refractivity contribution in [3.05, 3.63) is 193 Å². The molecule has 0 aromatic heterocycles. The molecule has 9 rings (SSSR count). The monoisotopic (exact) mass is 662 g/mol. The molecule has 6 aromatic carbocycles. The molecule has 0 radical (unpaired) electrons. The average molecular weight is 663 g/mol. The molecule has 3 aliphatic rings. The Bertz CT molecular complexity index is 2030. The van der Waals surface area contributed by atoms with Gasteiger partial charge in [0.1, 0.15) is 0 Å². The van der Waals surface area contributed by atoms with Crippen LogP contribution in [0.3, 0.4) is 0 Å². The highest BCUT2D eigenvalue weighted by Gasteiger charge is 2.40. The van der Waals surface area contributed by atoms with E-state index in [1.165, 1.54) is 65.9 Å². The van der Waals surface area contributed by atoms with E-state index in [-0.39, 0.29) is 5.41 Å². The Balaban J connectivity index is 1.04. The van der Waals surface area contributed by atoms with Gasteiger partial charge in [0.25, 0.3) is 0 Å². The highest BCUT2D eigenvalue weighted by Crippen LogP contribution is 2.53. The predicted octanol–water partition coefficient (Wildman–Crippen LogP) is 13.6. The molecule has 3 aliphatic carbocycles. The summed E-state index contributed by atoms with van der Waals surface area (Å²) in [6.45, 7) is 0. The summed E-state index contributed by atoms with van der Waals surface area (Å²) in [6.07, 6.45) is 13.9. The zero-order valence-electron chi connectivity index (χ0n) is 29.3. The van der Waals surface area contributed by atoms with E-state index < -0.39 is 0 Å². The summed E-state index contributed by atoms with van der Waals surface area (Å²) in [7, 11) is 0. The SMILES string of the molecule is C1=CC(c2ccc(N(c3ccccc3)c3ccccc3)cc2)(c2ccc(N(c3ccccc3)c3ccc(C4CC5CCC4C5)cc3)cc2)CCC1. The van der Waals surface area contributed by atoms with E-state index in [9.17, 15) is 0 Å². The van der Waals surface area contributed by atoms with E-state index >= 15 is 0 Å². The van der Waals surface area contributed by atoms with Gasteiger partial charge in [-0.25, -0.2) is 0 Å². The van der Waals surface area contributed by atoms with Crippen LogP contribution < -0.4 is 9.80 Å². The van der Waals surface area contributed by atoms with Crippen molar-refractivity contribution >= 4 is 34.1 Å². The molecule has 4 unspecified atom stereocenters. The Labute approximate surface area is 303 Å². The molecule has 2 fully saturated rings. The molecule has 2 bridgehead atoms. The summed E-state index contributed by atoms with van der Waals surface area (Å²) in [5.74, 6) is 2.59. The number of hydrogen-bond acceptors (Lipinski definition) is 2. The largest absolute Gasteiger partial charge is 0.311 e. The minimum absolute atomic E-state index is 0.167. The summed E-state index contributed by atoms with van der Waals surface area (Å²) in [4.78, 5) is 4.75. The molecule has 0 amide bonds. The Morgan fingerprint density at radius 2 is 0.902 bits per heavy atom. The maximum atomic E-state index is 2.47. The topological polar surface area (TPSA) is 6.48 Å². The smallest absolute Gasteiger partial charge is 0.0461 e. The van der Waals surface area contributed by atoms with E-state index in [0.717, 1.165) is 47.7 Å². The Morgan fingerprint density at radius 3 is 1.29 bits per heavy atom. The van der Waals surface area contributed by atoms with E-state index in [0.29, 0.717) is 0 Å². The first-order valence-electron chi connectivity index (χ1n) is 19.0. The van der Waals surface area contributed by atoms with Crippen molar-refractivity contribution in [2.75, 3.05) is 9.80 Å². The van der Waals surface area contributed by atoms with Crippen molar-refractivity contribution in [3.63, 3.8) is 0 Å². The molecular weight excluding hydrogens is 617 g/mol. The molecule has 2 saturated carbocycles. The number of rotatable bonds is 9. The van der Waals surface area contributed by atoms with Gasteiger partial charge < -0.3 is 9.80 Å². The number of anilines is 6. The van der Waals surface area contributed by atoms with Gasteiger partial charge in [-0.15, -0.1) is 0 Å². The highest BCUT2D eigenvalue weighted by atomic mass is 15.1. The summed E-state index contributed by atoms with van der Waals surface area (Å²) >= 11 is 0. The first kappa shape index (κ1) is 31.6. The van der Waals surface area contributed by atoms with Crippen molar-refractivity contribution in [1.82, 2.24) is 0 Å². The van der Waals surface area contributed by atoms with E-state index in [1.807, 2.05) is 0 Å². The number of para-hydroxylation sites is 3. The lowest BCUT2D eigenvalue weighted by atomic mass is 9.69. The lowest BCUT2D eigenvalue weighted by Crippen LogP contribution is -2.27. The predicted molar refractivity (Wildman–Crippen MR) is 214 cm³/mol. The number of benzene rings is 6. The molecule has 2 nitrogen and oxygen atoms in total. The second-order valence-electron chi connectivity index (χ2n) is 14.9. The van der Waals surface area contributed by atoms with Crippen molar-refractivity contribution in [1.29, 1.82) is 0 Å². The molecule has 0 aliphatic heterocycles. The Morgan fingerprint density at radius 1 is 0.451 bits per heavy atom. The van der Waals surface area contributed by atoms with Crippen molar-refractivity contribution < 1.29 is 0 Å². The van der Waals surface area contributed by atoms with Gasteiger partial charge in [0.15, 0.2) is 0 Å². The lowest BCUT2D eigenvalue weighted by Gasteiger charge is -2.36. The van der Waals surface area contributed by atoms with Crippen LogP contribution in [-0.4, -0.2) is 0 Å². The molecule has 0 N–H and O–H groups in total. The zero-order chi connectivity index (χ0) is 34.0. The number of nitrogens with zero attached hydrogens (tertiary/aromatic N) is 2. The summed E-state index contributed by atoms with van der Waals surface area (Å²) in [5, 5.41) is 0. The van der Waals surface area contributed by atoms with E-state index in [4.69, 9.17) is 0 Å². The molecule has 51 heavy (non-hydrogen) atoms. The molecule has 252 valence electrons. The van der Waals surface area contributed by atoms with Gasteiger partial charge in [0.05, 0.1) is 0 Å². The van der Waals surface area contributed by atoms with Crippen molar-refractivity contribution in [2.24, 2.45) is 11.8 Å². The third kappa shape index (κ3) is 6.08. The van der Waals surface area contributed by atoms with Crippen LogP contribution in [0, 0.1) is 11.8 Å². The van der Waals surface area contributed by atoms with Crippen LogP contribution in [0.1, 0.15) is 67.6 Å². The normalized spacial score (nSPS) is 22.2. The maximum Gasteiger partial charge on any atom is 0.0461 e. The summed E-state index contributed by atoms with van der Waals surface area (Å²) in [5.41, 5.74) is 11.1. The standard InChI is InChI=1S/C49H46N2/c1-5-13-42(14-6-1)50(43-15-7-2-8-16-43)46-29-23-40(24-30-46)49(33-11-4-12-34-49)41-25-31-47(32-26-41)51(44-17-9-3-10-18-44)45-27-21-38(22-28-45)48-36-37-19-20-39(48)35-37/h1-3,5-11,13-18,21-33,37,39,48H,4,12,19-20,34-36H2. The van der Waals surface area contributed by atoms with Gasteiger partial charge in [-0.2, -0.15) is 0 Å². The molecule has 0 saturated heterocycles. The van der Waals surface area contributed by atoms with Gasteiger partial charge in [-0.1, -0.05) is 110 Å². The van der Waals surface area contributed by atoms with E-state index in [1.54, 1.807) is 0 Å². The number of fused-ring (bicyclic) bond motifs is 2. The quantitative estimate of drug-likeness (QED) is 0.142. The Kier molecular flexibility index (Phi) is 8.53. The maximum absolute atomic E-state index is 2.47. The summed E-state index contributed by atoms with van der Waals surface area (Å²) < 4.78 is 0. The van der Waals surface area contributed by atoms with E-state index in [2.05, 4.69) is 186 Å². The van der Waals surface area contributed by atoms with Gasteiger partial charge in [0.2, 0.25) is 0 Å². The third-order valence-electron chi connectivity index (χ3n) is 12.0. The van der Waals surface area contributed by atoms with Crippen LogP contribution in [0.2, 0.25) is 0 Å². The summed E-state index contributed by atoms with van der Waals surface area (Å²) in [6, 6.07) is 60.4. The molecule has 6 aromatic rings. The van der Waals surface area contributed by atoms with Crippen molar-refractivity contribution in [2.45, 2.75) is 56.3 Å². The molecular formula is C49H46N2. The molecule has 2 heteroatoms. The number of allylic oxidation sites excluding steroid dienone is 2.